The SMILES string of the molecule is Cc1cc(C)n(C[C@H]2CCCN2Cc2nc(C)c3ccccc3n2)n1. The Bertz CT molecular complexity index is 898. The third kappa shape index (κ3) is 3.29. The zero-order valence-corrected chi connectivity index (χ0v) is 15.2. The average molecular weight is 335 g/mol. The molecule has 1 saturated heterocycles. The molecule has 0 spiro atoms. The topological polar surface area (TPSA) is 46.8 Å². The molecular formula is C20H25N5. The zero-order chi connectivity index (χ0) is 17.4. The molecule has 1 aliphatic heterocycles. The summed E-state index contributed by atoms with van der Waals surface area (Å²) in [6.45, 7) is 9.14. The van der Waals surface area contributed by atoms with Crippen LogP contribution in [0.15, 0.2) is 30.3 Å². The van der Waals surface area contributed by atoms with Crippen LogP contribution in [0.2, 0.25) is 0 Å². The Morgan fingerprint density at radius 2 is 1.96 bits per heavy atom. The summed E-state index contributed by atoms with van der Waals surface area (Å²) in [5, 5.41) is 5.77. The van der Waals surface area contributed by atoms with Gasteiger partial charge in [0.2, 0.25) is 0 Å². The van der Waals surface area contributed by atoms with Crippen LogP contribution in [0.5, 0.6) is 0 Å². The molecule has 3 aromatic rings. The quantitative estimate of drug-likeness (QED) is 0.733. The number of para-hydroxylation sites is 1. The predicted octanol–water partition coefficient (Wildman–Crippen LogP) is 3.42. The number of aromatic nitrogens is 4. The van der Waals surface area contributed by atoms with Crippen molar-refractivity contribution >= 4 is 10.9 Å². The van der Waals surface area contributed by atoms with Crippen LogP contribution in [0, 0.1) is 20.8 Å². The van der Waals surface area contributed by atoms with Crippen molar-refractivity contribution in [2.45, 2.75) is 52.7 Å². The van der Waals surface area contributed by atoms with E-state index in [4.69, 9.17) is 9.97 Å². The van der Waals surface area contributed by atoms with Crippen LogP contribution in [0.25, 0.3) is 10.9 Å². The monoisotopic (exact) mass is 335 g/mol. The first-order valence-corrected chi connectivity index (χ1v) is 9.07. The molecule has 0 aliphatic carbocycles. The summed E-state index contributed by atoms with van der Waals surface area (Å²) in [6.07, 6.45) is 2.45. The summed E-state index contributed by atoms with van der Waals surface area (Å²) in [7, 11) is 0. The summed E-state index contributed by atoms with van der Waals surface area (Å²) in [6, 6.07) is 10.9. The molecule has 2 aromatic heterocycles. The number of aryl methyl sites for hydroxylation is 3. The molecule has 4 rings (SSSR count). The standard InChI is InChI=1S/C20H25N5/c1-14-11-15(2)25(23-14)12-17-7-6-10-24(17)13-20-21-16(3)18-8-4-5-9-19(18)22-20/h4-5,8-9,11,17H,6-7,10,12-13H2,1-3H3/t17-/m1/s1. The van der Waals surface area contributed by atoms with Crippen molar-refractivity contribution in [3.8, 4) is 0 Å². The van der Waals surface area contributed by atoms with Gasteiger partial charge in [-0.15, -0.1) is 0 Å². The van der Waals surface area contributed by atoms with E-state index in [9.17, 15) is 0 Å². The van der Waals surface area contributed by atoms with Gasteiger partial charge in [0.25, 0.3) is 0 Å². The molecule has 130 valence electrons. The van der Waals surface area contributed by atoms with Gasteiger partial charge in [-0.05, 0) is 52.3 Å². The van der Waals surface area contributed by atoms with E-state index in [1.807, 2.05) is 12.1 Å². The fraction of sp³-hybridized carbons (Fsp3) is 0.450. The molecule has 0 radical (unpaired) electrons. The highest BCUT2D eigenvalue weighted by atomic mass is 15.3. The Kier molecular flexibility index (Phi) is 4.25. The molecule has 25 heavy (non-hydrogen) atoms. The van der Waals surface area contributed by atoms with Gasteiger partial charge in [0.1, 0.15) is 5.82 Å². The lowest BCUT2D eigenvalue weighted by Crippen LogP contribution is -2.33. The van der Waals surface area contributed by atoms with Crippen LogP contribution in [0.4, 0.5) is 0 Å². The van der Waals surface area contributed by atoms with Crippen LogP contribution in [-0.4, -0.2) is 37.2 Å². The Labute approximate surface area is 148 Å². The van der Waals surface area contributed by atoms with E-state index in [1.54, 1.807) is 0 Å². The zero-order valence-electron chi connectivity index (χ0n) is 15.2. The van der Waals surface area contributed by atoms with Crippen LogP contribution in [0.3, 0.4) is 0 Å². The smallest absolute Gasteiger partial charge is 0.143 e. The first kappa shape index (κ1) is 16.2. The van der Waals surface area contributed by atoms with E-state index >= 15 is 0 Å². The van der Waals surface area contributed by atoms with E-state index in [1.165, 1.54) is 18.5 Å². The van der Waals surface area contributed by atoms with Crippen LogP contribution < -0.4 is 0 Å². The highest BCUT2D eigenvalue weighted by Gasteiger charge is 2.26. The van der Waals surface area contributed by atoms with Gasteiger partial charge in [-0.25, -0.2) is 9.97 Å². The minimum Gasteiger partial charge on any atom is -0.291 e. The molecule has 1 atom stereocenters. The maximum atomic E-state index is 4.79. The number of hydrogen-bond donors (Lipinski definition) is 0. The molecule has 0 bridgehead atoms. The maximum Gasteiger partial charge on any atom is 0.143 e. The lowest BCUT2D eigenvalue weighted by Gasteiger charge is -2.24. The first-order chi connectivity index (χ1) is 12.1. The molecule has 0 saturated carbocycles. The third-order valence-electron chi connectivity index (χ3n) is 5.17. The summed E-state index contributed by atoms with van der Waals surface area (Å²) >= 11 is 0. The number of hydrogen-bond acceptors (Lipinski definition) is 4. The molecule has 5 heteroatoms. The fourth-order valence-electron chi connectivity index (χ4n) is 3.92. The van der Waals surface area contributed by atoms with E-state index < -0.39 is 0 Å². The minimum atomic E-state index is 0.508. The third-order valence-corrected chi connectivity index (χ3v) is 5.17. The highest BCUT2D eigenvalue weighted by Crippen LogP contribution is 2.22. The van der Waals surface area contributed by atoms with Gasteiger partial charge in [-0.1, -0.05) is 18.2 Å². The van der Waals surface area contributed by atoms with Gasteiger partial charge in [0.05, 0.1) is 24.3 Å². The van der Waals surface area contributed by atoms with Gasteiger partial charge >= 0.3 is 0 Å². The van der Waals surface area contributed by atoms with Crippen LogP contribution in [0.1, 0.15) is 35.7 Å². The Balaban J connectivity index is 1.54. The largest absolute Gasteiger partial charge is 0.291 e. The van der Waals surface area contributed by atoms with Gasteiger partial charge in [-0.3, -0.25) is 9.58 Å². The molecule has 1 fully saturated rings. The second-order valence-electron chi connectivity index (χ2n) is 7.12. The van der Waals surface area contributed by atoms with Crippen LogP contribution >= 0.6 is 0 Å². The molecule has 0 unspecified atom stereocenters. The van der Waals surface area contributed by atoms with Crippen molar-refractivity contribution in [2.75, 3.05) is 6.54 Å². The Morgan fingerprint density at radius 1 is 1.12 bits per heavy atom. The maximum absolute atomic E-state index is 4.79. The lowest BCUT2D eigenvalue weighted by molar-refractivity contribution is 0.213. The molecule has 1 aliphatic rings. The fourth-order valence-corrected chi connectivity index (χ4v) is 3.92. The van der Waals surface area contributed by atoms with E-state index in [-0.39, 0.29) is 0 Å². The van der Waals surface area contributed by atoms with Crippen molar-refractivity contribution in [3.63, 3.8) is 0 Å². The molecule has 1 aromatic carbocycles. The second kappa shape index (κ2) is 6.56. The first-order valence-electron chi connectivity index (χ1n) is 9.07. The van der Waals surface area contributed by atoms with E-state index in [0.29, 0.717) is 6.04 Å². The van der Waals surface area contributed by atoms with Crippen molar-refractivity contribution in [2.24, 2.45) is 0 Å². The van der Waals surface area contributed by atoms with Gasteiger partial charge in [0, 0.05) is 22.8 Å². The molecule has 5 nitrogen and oxygen atoms in total. The molecule has 0 amide bonds. The molecular weight excluding hydrogens is 310 g/mol. The number of nitrogens with zero attached hydrogens (tertiary/aromatic N) is 5. The second-order valence-corrected chi connectivity index (χ2v) is 7.12. The normalized spacial score (nSPS) is 18.3. The minimum absolute atomic E-state index is 0.508. The highest BCUT2D eigenvalue weighted by molar-refractivity contribution is 5.80. The number of rotatable bonds is 4. The van der Waals surface area contributed by atoms with Gasteiger partial charge in [-0.2, -0.15) is 5.10 Å². The Hall–Kier alpha value is -2.27. The van der Waals surface area contributed by atoms with Crippen molar-refractivity contribution < 1.29 is 0 Å². The molecule has 3 heterocycles. The lowest BCUT2D eigenvalue weighted by atomic mass is 10.2. The summed E-state index contributed by atoms with van der Waals surface area (Å²) < 4.78 is 2.14. The van der Waals surface area contributed by atoms with Crippen molar-refractivity contribution in [1.82, 2.24) is 24.6 Å². The number of fused-ring (bicyclic) bond motifs is 1. The summed E-state index contributed by atoms with van der Waals surface area (Å²) in [5.74, 6) is 0.927. The van der Waals surface area contributed by atoms with E-state index in [2.05, 4.69) is 53.7 Å². The van der Waals surface area contributed by atoms with Crippen LogP contribution in [-0.2, 0) is 13.1 Å². The van der Waals surface area contributed by atoms with Gasteiger partial charge < -0.3 is 0 Å². The molecule has 0 N–H and O–H groups in total. The summed E-state index contributed by atoms with van der Waals surface area (Å²) in [5.41, 5.74) is 4.44. The van der Waals surface area contributed by atoms with Crippen molar-refractivity contribution in [3.05, 3.63) is 53.2 Å². The predicted molar refractivity (Wildman–Crippen MR) is 99.4 cm³/mol. The average Bonchev–Trinajstić information content (AvgIpc) is 3.14. The Morgan fingerprint density at radius 3 is 2.76 bits per heavy atom. The number of benzene rings is 1. The summed E-state index contributed by atoms with van der Waals surface area (Å²) in [4.78, 5) is 12.1. The van der Waals surface area contributed by atoms with Crippen molar-refractivity contribution in [1.29, 1.82) is 0 Å². The van der Waals surface area contributed by atoms with Gasteiger partial charge in [0.15, 0.2) is 0 Å². The number of likely N-dealkylation sites (tertiary alicyclic amines) is 1. The van der Waals surface area contributed by atoms with E-state index in [0.717, 1.165) is 47.7 Å².